The predicted octanol–water partition coefficient (Wildman–Crippen LogP) is -1.94. The summed E-state index contributed by atoms with van der Waals surface area (Å²) in [6.45, 7) is 0.316. The molecular weight excluding hydrogens is 418 g/mol. The van der Waals surface area contributed by atoms with Gasteiger partial charge in [-0.2, -0.15) is 8.42 Å². The van der Waals surface area contributed by atoms with Gasteiger partial charge in [0.25, 0.3) is 11.8 Å². The van der Waals surface area contributed by atoms with Crippen molar-refractivity contribution in [2.75, 3.05) is 25.4 Å². The van der Waals surface area contributed by atoms with Crippen molar-refractivity contribution in [3.05, 3.63) is 16.0 Å². The molecule has 3 rings (SSSR count). The van der Waals surface area contributed by atoms with Crippen molar-refractivity contribution < 1.29 is 27.4 Å². The Labute approximate surface area is 161 Å². The number of aromatic nitrogens is 1. The molecule has 0 spiro atoms. The van der Waals surface area contributed by atoms with Crippen molar-refractivity contribution in [3.63, 3.8) is 0 Å². The van der Waals surface area contributed by atoms with Crippen LogP contribution < -0.4 is 16.4 Å². The standard InChI is InChI=1S/C12H15N7O7S2/c13-11-15-5(4-27-11)7(17-23)9(20)16-8-6(3-18-2-1-14-12(18)22)19(10(8)21)28(24,25)26/h4,6-8H,1-3H2,(H2,13,15)(H,14,22)(H,16,20)(H,24,25,26). The van der Waals surface area contributed by atoms with Gasteiger partial charge in [-0.15, -0.1) is 16.2 Å². The molecule has 0 bridgehead atoms. The Kier molecular flexibility index (Phi) is 5.18. The molecule has 5 N–H and O–H groups in total. The van der Waals surface area contributed by atoms with Crippen LogP contribution in [0.5, 0.6) is 0 Å². The molecule has 2 fully saturated rings. The number of nitroso groups, excluding NO2 is 1. The Morgan fingerprint density at radius 1 is 1.54 bits per heavy atom. The molecule has 4 amide bonds. The van der Waals surface area contributed by atoms with Crippen molar-refractivity contribution >= 4 is 44.6 Å². The van der Waals surface area contributed by atoms with E-state index >= 15 is 0 Å². The summed E-state index contributed by atoms with van der Waals surface area (Å²) in [5, 5.41) is 8.86. The fourth-order valence-corrected chi connectivity index (χ4v) is 4.40. The van der Waals surface area contributed by atoms with E-state index in [4.69, 9.17) is 5.73 Å². The number of anilines is 1. The van der Waals surface area contributed by atoms with Crippen molar-refractivity contribution in [2.24, 2.45) is 5.18 Å². The summed E-state index contributed by atoms with van der Waals surface area (Å²) < 4.78 is 32.4. The van der Waals surface area contributed by atoms with Crippen LogP contribution in [0.3, 0.4) is 0 Å². The summed E-state index contributed by atoms with van der Waals surface area (Å²) in [5.74, 6) is -2.10. The Morgan fingerprint density at radius 2 is 2.25 bits per heavy atom. The summed E-state index contributed by atoms with van der Waals surface area (Å²) in [4.78, 5) is 52.3. The molecule has 0 saturated carbocycles. The second-order valence-electron chi connectivity index (χ2n) is 5.96. The van der Waals surface area contributed by atoms with E-state index in [0.29, 0.717) is 6.54 Å². The molecule has 16 heteroatoms. The molecule has 2 aliphatic rings. The van der Waals surface area contributed by atoms with Crippen molar-refractivity contribution in [3.8, 4) is 0 Å². The maximum Gasteiger partial charge on any atom is 0.362 e. The molecule has 3 atom stereocenters. The predicted molar refractivity (Wildman–Crippen MR) is 94.1 cm³/mol. The number of rotatable bonds is 7. The molecule has 28 heavy (non-hydrogen) atoms. The maximum atomic E-state index is 12.4. The van der Waals surface area contributed by atoms with Crippen LogP contribution in [0.2, 0.25) is 0 Å². The van der Waals surface area contributed by atoms with Crippen molar-refractivity contribution in [1.82, 2.24) is 24.8 Å². The van der Waals surface area contributed by atoms with Gasteiger partial charge in [-0.1, -0.05) is 0 Å². The number of urea groups is 1. The van der Waals surface area contributed by atoms with Crippen LogP contribution in [0.15, 0.2) is 10.6 Å². The number of β-lactam (4-membered cyclic amide) rings is 1. The molecule has 2 saturated heterocycles. The third kappa shape index (κ3) is 3.60. The summed E-state index contributed by atoms with van der Waals surface area (Å²) in [6, 6.07) is -4.71. The van der Waals surface area contributed by atoms with Gasteiger partial charge in [0, 0.05) is 25.0 Å². The second-order valence-corrected chi connectivity index (χ2v) is 8.14. The monoisotopic (exact) mass is 433 g/mol. The van der Waals surface area contributed by atoms with E-state index in [1.54, 1.807) is 0 Å². The Hall–Kier alpha value is -2.85. The minimum Gasteiger partial charge on any atom is -0.375 e. The Balaban J connectivity index is 1.78. The first-order valence-corrected chi connectivity index (χ1v) is 10.1. The summed E-state index contributed by atoms with van der Waals surface area (Å²) in [6.07, 6.45) is 0. The van der Waals surface area contributed by atoms with E-state index in [2.05, 4.69) is 20.8 Å². The van der Waals surface area contributed by atoms with Crippen LogP contribution >= 0.6 is 11.3 Å². The SMILES string of the molecule is Nc1nc(C(N=O)C(=O)NC2C(=O)N(S(=O)(=O)O)C2CN2CCNC2=O)cs1. The number of nitrogen functional groups attached to an aromatic ring is 1. The fourth-order valence-electron chi connectivity index (χ4n) is 2.95. The van der Waals surface area contributed by atoms with Gasteiger partial charge >= 0.3 is 16.3 Å². The summed E-state index contributed by atoms with van der Waals surface area (Å²) >= 11 is 0.980. The third-order valence-electron chi connectivity index (χ3n) is 4.24. The highest BCUT2D eigenvalue weighted by Crippen LogP contribution is 2.27. The zero-order valence-electron chi connectivity index (χ0n) is 14.0. The first kappa shape index (κ1) is 19.9. The zero-order chi connectivity index (χ0) is 20.6. The number of nitrogens with zero attached hydrogens (tertiary/aromatic N) is 4. The molecule has 0 aliphatic carbocycles. The molecule has 1 aromatic rings. The van der Waals surface area contributed by atoms with Crippen LogP contribution in [0.25, 0.3) is 0 Å². The highest BCUT2D eigenvalue weighted by Gasteiger charge is 2.55. The number of amides is 4. The summed E-state index contributed by atoms with van der Waals surface area (Å²) in [5.41, 5.74) is 5.43. The molecule has 1 aromatic heterocycles. The van der Waals surface area contributed by atoms with Gasteiger partial charge in [-0.25, -0.2) is 14.1 Å². The molecule has 14 nitrogen and oxygen atoms in total. The van der Waals surface area contributed by atoms with E-state index in [1.165, 1.54) is 10.3 Å². The molecule has 3 unspecified atom stereocenters. The van der Waals surface area contributed by atoms with Crippen molar-refractivity contribution in [1.29, 1.82) is 0 Å². The lowest BCUT2D eigenvalue weighted by atomic mass is 9.97. The first-order valence-electron chi connectivity index (χ1n) is 7.80. The zero-order valence-corrected chi connectivity index (χ0v) is 15.6. The number of hydrogen-bond acceptors (Lipinski definition) is 10. The van der Waals surface area contributed by atoms with Crippen molar-refractivity contribution in [2.45, 2.75) is 18.1 Å². The van der Waals surface area contributed by atoms with Crippen LogP contribution in [0, 0.1) is 4.91 Å². The quantitative estimate of drug-likeness (QED) is 0.214. The number of thiazole rings is 1. The van der Waals surface area contributed by atoms with Gasteiger partial charge in [0.15, 0.2) is 5.13 Å². The largest absolute Gasteiger partial charge is 0.375 e. The normalized spacial score (nSPS) is 23.2. The van der Waals surface area contributed by atoms with E-state index in [-0.39, 0.29) is 28.2 Å². The third-order valence-corrected chi connectivity index (χ3v) is 5.88. The van der Waals surface area contributed by atoms with Crippen LogP contribution in [-0.4, -0.2) is 76.7 Å². The molecule has 0 aromatic carbocycles. The van der Waals surface area contributed by atoms with E-state index in [0.717, 1.165) is 11.3 Å². The Bertz CT molecular complexity index is 933. The minimum atomic E-state index is -4.91. The lowest BCUT2D eigenvalue weighted by Gasteiger charge is -2.45. The van der Waals surface area contributed by atoms with E-state index in [9.17, 15) is 32.3 Å². The van der Waals surface area contributed by atoms with E-state index < -0.39 is 46.3 Å². The smallest absolute Gasteiger partial charge is 0.362 e. The number of carbonyl (C=O) groups is 3. The van der Waals surface area contributed by atoms with Crippen LogP contribution in [0.1, 0.15) is 11.7 Å². The molecule has 2 aliphatic heterocycles. The van der Waals surface area contributed by atoms with E-state index in [1.807, 2.05) is 0 Å². The van der Waals surface area contributed by atoms with Gasteiger partial charge in [0.1, 0.15) is 6.04 Å². The lowest BCUT2D eigenvalue weighted by Crippen LogP contribution is -2.74. The summed E-state index contributed by atoms with van der Waals surface area (Å²) in [7, 11) is -4.91. The van der Waals surface area contributed by atoms with Gasteiger partial charge in [0.2, 0.25) is 6.04 Å². The highest BCUT2D eigenvalue weighted by molar-refractivity contribution is 7.84. The first-order chi connectivity index (χ1) is 13.1. The highest BCUT2D eigenvalue weighted by atomic mass is 32.2. The maximum absolute atomic E-state index is 12.4. The van der Waals surface area contributed by atoms with Crippen LogP contribution in [0.4, 0.5) is 9.93 Å². The number of nitrogens with two attached hydrogens (primary N) is 1. The molecule has 0 radical (unpaired) electrons. The molecule has 152 valence electrons. The van der Waals surface area contributed by atoms with Crippen LogP contribution in [-0.2, 0) is 19.9 Å². The topological polar surface area (TPSA) is 204 Å². The van der Waals surface area contributed by atoms with Gasteiger partial charge in [-0.3, -0.25) is 14.1 Å². The molecule has 3 heterocycles. The molecular formula is C12H15N7O7S2. The minimum absolute atomic E-state index is 0.0242. The van der Waals surface area contributed by atoms with Gasteiger partial charge in [0.05, 0.1) is 11.7 Å². The number of nitrogens with one attached hydrogen (secondary N) is 2. The second kappa shape index (κ2) is 7.28. The fraction of sp³-hybridized carbons (Fsp3) is 0.500. The average molecular weight is 433 g/mol. The average Bonchev–Trinajstić information content (AvgIpc) is 3.20. The van der Waals surface area contributed by atoms with Gasteiger partial charge < -0.3 is 21.3 Å². The number of hydrogen-bond donors (Lipinski definition) is 4. The number of carbonyl (C=O) groups excluding carboxylic acids is 3. The van der Waals surface area contributed by atoms with Gasteiger partial charge in [-0.05, 0) is 5.18 Å². The lowest BCUT2D eigenvalue weighted by molar-refractivity contribution is -0.146. The Morgan fingerprint density at radius 3 is 2.75 bits per heavy atom.